The number of halogens is 2. The molecule has 0 unspecified atom stereocenters. The minimum Gasteiger partial charge on any atom is -0.461 e. The van der Waals surface area contributed by atoms with E-state index in [1.165, 1.54) is 10.7 Å². The van der Waals surface area contributed by atoms with Crippen LogP contribution < -0.4 is 0 Å². The Morgan fingerprint density at radius 3 is 2.77 bits per heavy atom. The molecule has 3 aromatic rings. The summed E-state index contributed by atoms with van der Waals surface area (Å²) in [5, 5.41) is 11.5. The third kappa shape index (κ3) is 3.93. The van der Waals surface area contributed by atoms with Gasteiger partial charge in [-0.2, -0.15) is 0 Å². The summed E-state index contributed by atoms with van der Waals surface area (Å²) in [4.78, 5) is 12.1. The molecule has 1 aromatic carbocycles. The summed E-state index contributed by atoms with van der Waals surface area (Å²) in [7, 11) is 0. The van der Waals surface area contributed by atoms with Crippen LogP contribution in [0.15, 0.2) is 28.8 Å². The SMILES string of the molecule is Cc1cc(Cn2nnc(C(=O)OCCc3ccc(F)cc3F)c2C)on1. The number of rotatable bonds is 6. The van der Waals surface area contributed by atoms with E-state index in [4.69, 9.17) is 9.26 Å². The first kappa shape index (κ1) is 17.7. The molecule has 0 N–H and O–H groups in total. The number of carbonyl (C=O) groups excluding carboxylic acids is 1. The fourth-order valence-electron chi connectivity index (χ4n) is 2.38. The number of esters is 1. The maximum atomic E-state index is 13.6. The second-order valence-corrected chi connectivity index (χ2v) is 5.74. The fraction of sp³-hybridized carbons (Fsp3) is 0.294. The molecule has 9 heteroatoms. The Kier molecular flexibility index (Phi) is 5.06. The zero-order valence-corrected chi connectivity index (χ0v) is 14.2. The van der Waals surface area contributed by atoms with Crippen molar-refractivity contribution in [2.75, 3.05) is 6.61 Å². The average Bonchev–Trinajstić information content (AvgIpc) is 3.16. The van der Waals surface area contributed by atoms with E-state index >= 15 is 0 Å². The van der Waals surface area contributed by atoms with Gasteiger partial charge in [0.1, 0.15) is 18.2 Å². The topological polar surface area (TPSA) is 83.0 Å². The predicted octanol–water partition coefficient (Wildman–Crippen LogP) is 2.61. The molecule has 0 bridgehead atoms. The van der Waals surface area contributed by atoms with E-state index in [2.05, 4.69) is 15.5 Å². The normalized spacial score (nSPS) is 10.9. The second-order valence-electron chi connectivity index (χ2n) is 5.74. The van der Waals surface area contributed by atoms with E-state index < -0.39 is 17.6 Å². The minimum absolute atomic E-state index is 0.0605. The molecular weight excluding hydrogens is 346 g/mol. The Labute approximate surface area is 147 Å². The first-order valence-electron chi connectivity index (χ1n) is 7.87. The smallest absolute Gasteiger partial charge is 0.360 e. The van der Waals surface area contributed by atoms with E-state index in [0.29, 0.717) is 11.5 Å². The molecule has 0 aliphatic heterocycles. The third-order valence-electron chi connectivity index (χ3n) is 3.78. The van der Waals surface area contributed by atoms with Crippen LogP contribution in [0.3, 0.4) is 0 Å². The lowest BCUT2D eigenvalue weighted by molar-refractivity contribution is 0.0500. The highest BCUT2D eigenvalue weighted by atomic mass is 19.1. The predicted molar refractivity (Wildman–Crippen MR) is 85.4 cm³/mol. The summed E-state index contributed by atoms with van der Waals surface area (Å²) >= 11 is 0. The lowest BCUT2D eigenvalue weighted by atomic mass is 10.1. The summed E-state index contributed by atoms with van der Waals surface area (Å²) in [5.74, 6) is -1.41. The van der Waals surface area contributed by atoms with Crippen molar-refractivity contribution >= 4 is 5.97 Å². The number of ether oxygens (including phenoxy) is 1. The largest absolute Gasteiger partial charge is 0.461 e. The van der Waals surface area contributed by atoms with Crippen molar-refractivity contribution in [2.45, 2.75) is 26.8 Å². The molecule has 26 heavy (non-hydrogen) atoms. The summed E-state index contributed by atoms with van der Waals surface area (Å²) < 4.78 is 38.1. The van der Waals surface area contributed by atoms with Crippen molar-refractivity contribution in [3.63, 3.8) is 0 Å². The molecule has 0 spiro atoms. The maximum Gasteiger partial charge on any atom is 0.360 e. The van der Waals surface area contributed by atoms with Gasteiger partial charge in [0.05, 0.1) is 18.0 Å². The van der Waals surface area contributed by atoms with Crippen molar-refractivity contribution in [2.24, 2.45) is 0 Å². The lowest BCUT2D eigenvalue weighted by Gasteiger charge is -2.05. The molecule has 0 atom stereocenters. The van der Waals surface area contributed by atoms with E-state index in [0.717, 1.165) is 17.8 Å². The molecule has 0 saturated heterocycles. The molecule has 0 amide bonds. The highest BCUT2D eigenvalue weighted by Gasteiger charge is 2.19. The van der Waals surface area contributed by atoms with Crippen LogP contribution in [0.1, 0.15) is 33.2 Å². The first-order valence-corrected chi connectivity index (χ1v) is 7.87. The van der Waals surface area contributed by atoms with Crippen LogP contribution in [0.5, 0.6) is 0 Å². The highest BCUT2D eigenvalue weighted by Crippen LogP contribution is 2.12. The van der Waals surface area contributed by atoms with Gasteiger partial charge in [0.25, 0.3) is 0 Å². The van der Waals surface area contributed by atoms with Crippen LogP contribution in [-0.2, 0) is 17.7 Å². The minimum atomic E-state index is -0.675. The van der Waals surface area contributed by atoms with Crippen LogP contribution in [0, 0.1) is 25.5 Å². The molecule has 0 radical (unpaired) electrons. The second kappa shape index (κ2) is 7.42. The zero-order chi connectivity index (χ0) is 18.7. The van der Waals surface area contributed by atoms with E-state index in [1.54, 1.807) is 19.9 Å². The van der Waals surface area contributed by atoms with E-state index in [9.17, 15) is 13.6 Å². The molecule has 136 valence electrons. The van der Waals surface area contributed by atoms with Crippen molar-refractivity contribution in [1.29, 1.82) is 0 Å². The quantitative estimate of drug-likeness (QED) is 0.627. The maximum absolute atomic E-state index is 13.6. The summed E-state index contributed by atoms with van der Waals surface area (Å²) in [5.41, 5.74) is 1.59. The zero-order valence-electron chi connectivity index (χ0n) is 14.2. The molecule has 0 fully saturated rings. The van der Waals surface area contributed by atoms with Crippen LogP contribution in [0.4, 0.5) is 8.78 Å². The molecule has 3 rings (SSSR count). The monoisotopic (exact) mass is 362 g/mol. The third-order valence-corrected chi connectivity index (χ3v) is 3.78. The van der Waals surface area contributed by atoms with Crippen molar-refractivity contribution in [3.05, 3.63) is 64.3 Å². The Morgan fingerprint density at radius 2 is 2.08 bits per heavy atom. The highest BCUT2D eigenvalue weighted by molar-refractivity contribution is 5.88. The van der Waals surface area contributed by atoms with Crippen LogP contribution in [-0.4, -0.2) is 32.7 Å². The van der Waals surface area contributed by atoms with Crippen molar-refractivity contribution < 1.29 is 22.8 Å². The van der Waals surface area contributed by atoms with Gasteiger partial charge in [-0.15, -0.1) is 5.10 Å². The molecular formula is C17H16F2N4O3. The number of benzene rings is 1. The summed E-state index contributed by atoms with van der Waals surface area (Å²) in [6, 6.07) is 5.02. The van der Waals surface area contributed by atoms with Gasteiger partial charge in [-0.25, -0.2) is 18.3 Å². The van der Waals surface area contributed by atoms with Crippen LogP contribution in [0.2, 0.25) is 0 Å². The Bertz CT molecular complexity index is 936. The summed E-state index contributed by atoms with van der Waals surface area (Å²) in [6.45, 7) is 3.70. The molecule has 2 heterocycles. The van der Waals surface area contributed by atoms with Gasteiger partial charge < -0.3 is 9.26 Å². The Morgan fingerprint density at radius 1 is 1.27 bits per heavy atom. The van der Waals surface area contributed by atoms with Crippen molar-refractivity contribution in [3.8, 4) is 0 Å². The standard InChI is InChI=1S/C17H16F2N4O3/c1-10-7-14(26-21-10)9-23-11(2)16(20-22-23)17(24)25-6-5-12-3-4-13(18)8-15(12)19/h3-4,7-8H,5-6,9H2,1-2H3. The van der Waals surface area contributed by atoms with Crippen molar-refractivity contribution in [1.82, 2.24) is 20.2 Å². The van der Waals surface area contributed by atoms with Gasteiger partial charge in [0.2, 0.25) is 0 Å². The van der Waals surface area contributed by atoms with Crippen LogP contribution >= 0.6 is 0 Å². The molecule has 0 saturated carbocycles. The van der Waals surface area contributed by atoms with Gasteiger partial charge in [-0.05, 0) is 25.5 Å². The van der Waals surface area contributed by atoms with Gasteiger partial charge >= 0.3 is 5.97 Å². The number of nitrogens with zero attached hydrogens (tertiary/aromatic N) is 4. The van der Waals surface area contributed by atoms with Gasteiger partial charge in [0, 0.05) is 18.6 Å². The Hall–Kier alpha value is -3.10. The first-order chi connectivity index (χ1) is 12.4. The van der Waals surface area contributed by atoms with Gasteiger partial charge in [0.15, 0.2) is 11.5 Å². The van der Waals surface area contributed by atoms with Crippen LogP contribution in [0.25, 0.3) is 0 Å². The number of hydrogen-bond acceptors (Lipinski definition) is 6. The number of aryl methyl sites for hydroxylation is 1. The molecule has 0 aliphatic carbocycles. The number of hydrogen-bond donors (Lipinski definition) is 0. The number of aromatic nitrogens is 4. The molecule has 0 aliphatic rings. The van der Waals surface area contributed by atoms with Gasteiger partial charge in [-0.3, -0.25) is 0 Å². The summed E-state index contributed by atoms with van der Waals surface area (Å²) in [6.07, 6.45) is 0.127. The molecule has 2 aromatic heterocycles. The molecule has 7 nitrogen and oxygen atoms in total. The number of carbonyl (C=O) groups is 1. The fourth-order valence-corrected chi connectivity index (χ4v) is 2.38. The Balaban J connectivity index is 1.59. The van der Waals surface area contributed by atoms with E-state index in [-0.39, 0.29) is 30.8 Å². The average molecular weight is 362 g/mol. The van der Waals surface area contributed by atoms with Gasteiger partial charge in [-0.1, -0.05) is 16.4 Å². The lowest BCUT2D eigenvalue weighted by Crippen LogP contribution is -2.11. The van der Waals surface area contributed by atoms with E-state index in [1.807, 2.05) is 0 Å².